The number of ether oxygens (including phenoxy) is 2. The van der Waals surface area contributed by atoms with Crippen LogP contribution in [0.4, 0.5) is 0 Å². The minimum atomic E-state index is -0.297. The van der Waals surface area contributed by atoms with Crippen molar-refractivity contribution in [2.45, 2.75) is 6.42 Å². The lowest BCUT2D eigenvalue weighted by Crippen LogP contribution is -2.31. The molecular formula is C14H18ClNO4. The second kappa shape index (κ2) is 8.43. The van der Waals surface area contributed by atoms with Crippen molar-refractivity contribution in [2.24, 2.45) is 0 Å². The van der Waals surface area contributed by atoms with Crippen molar-refractivity contribution in [2.75, 3.05) is 33.2 Å². The summed E-state index contributed by atoms with van der Waals surface area (Å²) < 4.78 is 10.1. The van der Waals surface area contributed by atoms with Crippen LogP contribution in [0.3, 0.4) is 0 Å². The third-order valence-electron chi connectivity index (χ3n) is 2.71. The summed E-state index contributed by atoms with van der Waals surface area (Å²) in [5.41, 5.74) is 0.819. The first kappa shape index (κ1) is 16.3. The van der Waals surface area contributed by atoms with Gasteiger partial charge in [-0.2, -0.15) is 0 Å². The maximum atomic E-state index is 11.2. The third-order valence-corrected chi connectivity index (χ3v) is 2.94. The number of nitrogens with zero attached hydrogens (tertiary/aromatic N) is 1. The molecule has 1 aromatic rings. The van der Waals surface area contributed by atoms with Crippen molar-refractivity contribution in [3.8, 4) is 5.75 Å². The molecule has 0 N–H and O–H groups in total. The summed E-state index contributed by atoms with van der Waals surface area (Å²) in [5.74, 6) is 0.174. The topological polar surface area (TPSA) is 55.8 Å². The first-order chi connectivity index (χ1) is 9.56. The first-order valence-electron chi connectivity index (χ1n) is 6.15. The van der Waals surface area contributed by atoms with Crippen LogP contribution in [0.15, 0.2) is 24.3 Å². The van der Waals surface area contributed by atoms with E-state index in [9.17, 15) is 9.59 Å². The molecule has 1 amide bonds. The van der Waals surface area contributed by atoms with E-state index in [1.54, 1.807) is 25.2 Å². The summed E-state index contributed by atoms with van der Waals surface area (Å²) in [5, 5.41) is 0. The van der Waals surface area contributed by atoms with Crippen LogP contribution in [0.25, 0.3) is 0 Å². The van der Waals surface area contributed by atoms with Crippen molar-refractivity contribution in [3.63, 3.8) is 0 Å². The smallest absolute Gasteiger partial charge is 0.309 e. The maximum Gasteiger partial charge on any atom is 0.309 e. The number of hydrogen-bond donors (Lipinski definition) is 0. The van der Waals surface area contributed by atoms with E-state index in [0.717, 1.165) is 5.56 Å². The van der Waals surface area contributed by atoms with Gasteiger partial charge in [0, 0.05) is 7.05 Å². The highest BCUT2D eigenvalue weighted by atomic mass is 35.5. The van der Waals surface area contributed by atoms with Gasteiger partial charge in [0.2, 0.25) is 5.91 Å². The zero-order valence-corrected chi connectivity index (χ0v) is 12.4. The van der Waals surface area contributed by atoms with E-state index in [2.05, 4.69) is 4.74 Å². The summed E-state index contributed by atoms with van der Waals surface area (Å²) in [6.45, 7) is 0.813. The second-order valence-corrected chi connectivity index (χ2v) is 4.46. The number of amides is 1. The Bertz CT molecular complexity index is 464. The molecule has 20 heavy (non-hydrogen) atoms. The predicted molar refractivity (Wildman–Crippen MR) is 76.0 cm³/mol. The summed E-state index contributed by atoms with van der Waals surface area (Å²) in [7, 11) is 3.02. The van der Waals surface area contributed by atoms with Gasteiger partial charge in [0.05, 0.1) is 20.1 Å². The number of benzene rings is 1. The molecule has 0 spiro atoms. The van der Waals surface area contributed by atoms with Gasteiger partial charge in [-0.05, 0) is 17.7 Å². The Morgan fingerprint density at radius 2 is 2.10 bits per heavy atom. The van der Waals surface area contributed by atoms with Crippen molar-refractivity contribution in [1.82, 2.24) is 4.90 Å². The molecule has 110 valence electrons. The Labute approximate surface area is 123 Å². The third kappa shape index (κ3) is 5.48. The van der Waals surface area contributed by atoms with E-state index in [1.807, 2.05) is 6.07 Å². The van der Waals surface area contributed by atoms with Gasteiger partial charge in [0.15, 0.2) is 0 Å². The highest BCUT2D eigenvalue weighted by Crippen LogP contribution is 2.14. The van der Waals surface area contributed by atoms with Gasteiger partial charge in [-0.25, -0.2) is 0 Å². The highest BCUT2D eigenvalue weighted by Gasteiger charge is 2.07. The van der Waals surface area contributed by atoms with Crippen LogP contribution in [0.1, 0.15) is 5.56 Å². The normalized spacial score (nSPS) is 9.95. The lowest BCUT2D eigenvalue weighted by molar-refractivity contribution is -0.139. The van der Waals surface area contributed by atoms with Crippen LogP contribution in [0.5, 0.6) is 5.75 Å². The first-order valence-corrected chi connectivity index (χ1v) is 6.68. The number of rotatable bonds is 7. The van der Waals surface area contributed by atoms with E-state index in [0.29, 0.717) is 18.9 Å². The van der Waals surface area contributed by atoms with Crippen LogP contribution in [-0.2, 0) is 20.7 Å². The van der Waals surface area contributed by atoms with Crippen molar-refractivity contribution in [1.29, 1.82) is 0 Å². The Morgan fingerprint density at radius 1 is 1.35 bits per heavy atom. The molecule has 0 unspecified atom stereocenters. The zero-order chi connectivity index (χ0) is 15.0. The molecule has 5 nitrogen and oxygen atoms in total. The highest BCUT2D eigenvalue weighted by molar-refractivity contribution is 6.27. The fraction of sp³-hybridized carbons (Fsp3) is 0.429. The van der Waals surface area contributed by atoms with Crippen LogP contribution in [-0.4, -0.2) is 50.0 Å². The van der Waals surface area contributed by atoms with Gasteiger partial charge >= 0.3 is 5.97 Å². The fourth-order valence-corrected chi connectivity index (χ4v) is 1.72. The van der Waals surface area contributed by atoms with Crippen molar-refractivity contribution >= 4 is 23.5 Å². The molecule has 0 heterocycles. The Balaban J connectivity index is 2.46. The summed E-state index contributed by atoms with van der Waals surface area (Å²) in [4.78, 5) is 23.9. The molecule has 0 aliphatic carbocycles. The lowest BCUT2D eigenvalue weighted by Gasteiger charge is -2.16. The molecule has 0 fully saturated rings. The standard InChI is InChI=1S/C14H18ClNO4/c1-16(13(17)10-15)6-7-20-12-5-3-4-11(8-12)9-14(18)19-2/h3-5,8H,6-7,9-10H2,1-2H3. The van der Waals surface area contributed by atoms with Gasteiger partial charge in [0.1, 0.15) is 18.2 Å². The number of carbonyl (C=O) groups excluding carboxylic acids is 2. The van der Waals surface area contributed by atoms with E-state index >= 15 is 0 Å². The molecule has 0 saturated heterocycles. The molecule has 0 aliphatic heterocycles. The number of methoxy groups -OCH3 is 1. The van der Waals surface area contributed by atoms with Crippen LogP contribution in [0, 0.1) is 0 Å². The molecule has 1 rings (SSSR count). The van der Waals surface area contributed by atoms with Gasteiger partial charge < -0.3 is 14.4 Å². The second-order valence-electron chi connectivity index (χ2n) is 4.20. The predicted octanol–water partition coefficient (Wildman–Crippen LogP) is 1.48. The number of likely N-dealkylation sites (N-methyl/N-ethyl adjacent to an activating group) is 1. The number of esters is 1. The van der Waals surface area contributed by atoms with Crippen molar-refractivity contribution in [3.05, 3.63) is 29.8 Å². The Hall–Kier alpha value is -1.75. The largest absolute Gasteiger partial charge is 0.492 e. The van der Waals surface area contributed by atoms with E-state index in [1.165, 1.54) is 12.0 Å². The maximum absolute atomic E-state index is 11.2. The minimum absolute atomic E-state index is 0.0366. The van der Waals surface area contributed by atoms with E-state index in [4.69, 9.17) is 16.3 Å². The Kier molecular flexibility index (Phi) is 6.87. The Morgan fingerprint density at radius 3 is 2.75 bits per heavy atom. The number of carbonyl (C=O) groups is 2. The van der Waals surface area contributed by atoms with Gasteiger partial charge in [0.25, 0.3) is 0 Å². The number of alkyl halides is 1. The van der Waals surface area contributed by atoms with Crippen molar-refractivity contribution < 1.29 is 19.1 Å². The van der Waals surface area contributed by atoms with Crippen LogP contribution >= 0.6 is 11.6 Å². The average Bonchev–Trinajstić information content (AvgIpc) is 2.46. The van der Waals surface area contributed by atoms with Crippen LogP contribution < -0.4 is 4.74 Å². The van der Waals surface area contributed by atoms with E-state index < -0.39 is 0 Å². The molecule has 0 aliphatic rings. The number of hydrogen-bond acceptors (Lipinski definition) is 4. The molecule has 6 heteroatoms. The molecule has 0 aromatic heterocycles. The van der Waals surface area contributed by atoms with Gasteiger partial charge in [-0.1, -0.05) is 12.1 Å². The van der Waals surface area contributed by atoms with Gasteiger partial charge in [-0.3, -0.25) is 9.59 Å². The molecular weight excluding hydrogens is 282 g/mol. The molecule has 0 saturated carbocycles. The minimum Gasteiger partial charge on any atom is -0.492 e. The number of halogens is 1. The zero-order valence-electron chi connectivity index (χ0n) is 11.6. The fourth-order valence-electron chi connectivity index (χ4n) is 1.51. The monoisotopic (exact) mass is 299 g/mol. The summed E-state index contributed by atoms with van der Waals surface area (Å²) >= 11 is 5.45. The molecule has 0 bridgehead atoms. The average molecular weight is 300 g/mol. The summed E-state index contributed by atoms with van der Waals surface area (Å²) in [6, 6.07) is 7.21. The molecule has 1 aromatic carbocycles. The molecule has 0 atom stereocenters. The quantitative estimate of drug-likeness (QED) is 0.565. The van der Waals surface area contributed by atoms with Gasteiger partial charge in [-0.15, -0.1) is 11.6 Å². The van der Waals surface area contributed by atoms with E-state index in [-0.39, 0.29) is 24.2 Å². The van der Waals surface area contributed by atoms with Crippen LogP contribution in [0.2, 0.25) is 0 Å². The SMILES string of the molecule is COC(=O)Cc1cccc(OCCN(C)C(=O)CCl)c1. The lowest BCUT2D eigenvalue weighted by atomic mass is 10.1. The summed E-state index contributed by atoms with van der Waals surface area (Å²) in [6.07, 6.45) is 0.207. The molecule has 0 radical (unpaired) electrons.